The van der Waals surface area contributed by atoms with Gasteiger partial charge in [0.05, 0.1) is 14.2 Å². The van der Waals surface area contributed by atoms with E-state index in [1.54, 1.807) is 38.5 Å². The van der Waals surface area contributed by atoms with Gasteiger partial charge in [0.25, 0.3) is 0 Å². The van der Waals surface area contributed by atoms with Crippen molar-refractivity contribution < 1.29 is 40.6 Å². The first-order valence-corrected chi connectivity index (χ1v) is 9.20. The summed E-state index contributed by atoms with van der Waals surface area (Å²) < 4.78 is 20.4. The fourth-order valence-corrected chi connectivity index (χ4v) is 3.44. The highest BCUT2D eigenvalue weighted by atomic mass is 79.9. The van der Waals surface area contributed by atoms with Gasteiger partial charge in [-0.3, -0.25) is 4.79 Å². The maximum atomic E-state index is 12.5. The van der Waals surface area contributed by atoms with Crippen LogP contribution in [0.3, 0.4) is 0 Å². The van der Waals surface area contributed by atoms with Gasteiger partial charge < -0.3 is 31.2 Å². The molecule has 1 aliphatic heterocycles. The van der Waals surface area contributed by atoms with E-state index in [1.165, 1.54) is 5.56 Å². The molecule has 7 heteroatoms. The first kappa shape index (κ1) is 20.9. The molecule has 0 amide bonds. The second kappa shape index (κ2) is 9.13. The number of halogens is 1. The van der Waals surface area contributed by atoms with Crippen molar-refractivity contribution in [3.8, 4) is 17.2 Å². The average Bonchev–Trinajstić information content (AvgIpc) is 3.33. The average molecular weight is 459 g/mol. The number of fused-ring (bicyclic) bond motifs is 1. The number of hydrogen-bond acceptors (Lipinski definition) is 4. The molecule has 0 saturated carbocycles. The number of benzene rings is 2. The lowest BCUT2D eigenvalue weighted by atomic mass is 10.1. The van der Waals surface area contributed by atoms with E-state index in [2.05, 4.69) is 4.57 Å². The van der Waals surface area contributed by atoms with Crippen molar-refractivity contribution in [1.29, 1.82) is 0 Å². The molecule has 0 fully saturated rings. The highest BCUT2D eigenvalue weighted by Gasteiger charge is 2.25. The predicted octanol–water partition coefficient (Wildman–Crippen LogP) is -0.317. The second-order valence-corrected chi connectivity index (χ2v) is 6.85. The van der Waals surface area contributed by atoms with Crippen molar-refractivity contribution in [3.63, 3.8) is 0 Å². The Kier molecular flexibility index (Phi) is 6.59. The van der Waals surface area contributed by atoms with Gasteiger partial charge in [0.15, 0.2) is 6.54 Å². The minimum atomic E-state index is 0. The largest absolute Gasteiger partial charge is 1.00 e. The molecule has 0 radical (unpaired) electrons. The van der Waals surface area contributed by atoms with Crippen LogP contribution in [0.1, 0.15) is 15.9 Å². The lowest BCUT2D eigenvalue weighted by Gasteiger charge is -2.07. The molecule has 4 rings (SSSR count). The molecule has 6 nitrogen and oxygen atoms in total. The quantitative estimate of drug-likeness (QED) is 0.359. The molecule has 152 valence electrons. The van der Waals surface area contributed by atoms with Crippen LogP contribution in [0.15, 0.2) is 61.2 Å². The summed E-state index contributed by atoms with van der Waals surface area (Å²) in [6.07, 6.45) is 6.73. The van der Waals surface area contributed by atoms with Crippen molar-refractivity contribution in [2.45, 2.75) is 25.6 Å². The van der Waals surface area contributed by atoms with E-state index in [9.17, 15) is 4.79 Å². The summed E-state index contributed by atoms with van der Waals surface area (Å²) in [6.45, 7) is 1.02. The lowest BCUT2D eigenvalue weighted by molar-refractivity contribution is -0.682. The molecule has 0 N–H and O–H groups in total. The SMILES string of the molecule is COc1ccc(C(=O)C[n+]2ccn(CC3Cc4cc(OC)ccc4O3)c2)cc1.[Br-]. The maximum Gasteiger partial charge on any atom is 0.244 e. The number of rotatable bonds is 7. The topological polar surface area (TPSA) is 53.6 Å². The molecule has 1 aromatic heterocycles. The molecule has 1 unspecified atom stereocenters. The number of carbonyl (C=O) groups is 1. The molecule has 0 bridgehead atoms. The Hall–Kier alpha value is -2.80. The van der Waals surface area contributed by atoms with Crippen LogP contribution in [0.5, 0.6) is 17.2 Å². The van der Waals surface area contributed by atoms with E-state index in [0.29, 0.717) is 12.1 Å². The highest BCUT2D eigenvalue weighted by Crippen LogP contribution is 2.32. The van der Waals surface area contributed by atoms with Gasteiger partial charge in [-0.15, -0.1) is 0 Å². The van der Waals surface area contributed by atoms with Crippen LogP contribution in [0, 0.1) is 0 Å². The van der Waals surface area contributed by atoms with Gasteiger partial charge >= 0.3 is 0 Å². The summed E-state index contributed by atoms with van der Waals surface area (Å²) in [4.78, 5) is 12.5. The lowest BCUT2D eigenvalue weighted by Crippen LogP contribution is -3.00. The molecule has 2 heterocycles. The minimum Gasteiger partial charge on any atom is -1.00 e. The van der Waals surface area contributed by atoms with Crippen LogP contribution < -0.4 is 35.8 Å². The van der Waals surface area contributed by atoms with Crippen LogP contribution >= 0.6 is 0 Å². The molecule has 2 aromatic carbocycles. The zero-order chi connectivity index (χ0) is 19.5. The summed E-state index contributed by atoms with van der Waals surface area (Å²) >= 11 is 0. The van der Waals surface area contributed by atoms with E-state index < -0.39 is 0 Å². The highest BCUT2D eigenvalue weighted by molar-refractivity contribution is 5.95. The van der Waals surface area contributed by atoms with Crippen molar-refractivity contribution in [1.82, 2.24) is 4.57 Å². The van der Waals surface area contributed by atoms with Crippen molar-refractivity contribution in [3.05, 3.63) is 72.3 Å². The third-order valence-corrected chi connectivity index (χ3v) is 4.91. The van der Waals surface area contributed by atoms with Crippen LogP contribution in [-0.4, -0.2) is 30.7 Å². The Labute approximate surface area is 180 Å². The van der Waals surface area contributed by atoms with Gasteiger partial charge in [0.2, 0.25) is 12.1 Å². The summed E-state index contributed by atoms with van der Waals surface area (Å²) in [7, 11) is 3.28. The van der Waals surface area contributed by atoms with Gasteiger partial charge in [-0.25, -0.2) is 9.13 Å². The van der Waals surface area contributed by atoms with E-state index in [0.717, 1.165) is 30.2 Å². The van der Waals surface area contributed by atoms with Crippen molar-refractivity contribution >= 4 is 5.78 Å². The van der Waals surface area contributed by atoms with Crippen molar-refractivity contribution in [2.24, 2.45) is 0 Å². The molecule has 1 aliphatic rings. The Morgan fingerprint density at radius 3 is 2.59 bits per heavy atom. The standard InChI is InChI=1S/C22H23N2O4.BrH/c1-26-18-5-3-16(4-6-18)21(25)14-24-10-9-23(15-24)13-20-12-17-11-19(27-2)7-8-22(17)28-20;/h3-11,15,20H,12-14H2,1-2H3;1H/q+1;/p-1. The Morgan fingerprint density at radius 2 is 1.86 bits per heavy atom. The summed E-state index contributed by atoms with van der Waals surface area (Å²) in [6, 6.07) is 13.1. The summed E-state index contributed by atoms with van der Waals surface area (Å²) in [5.41, 5.74) is 1.84. The monoisotopic (exact) mass is 458 g/mol. The van der Waals surface area contributed by atoms with Crippen LogP contribution in [0.2, 0.25) is 0 Å². The van der Waals surface area contributed by atoms with E-state index in [-0.39, 0.29) is 28.9 Å². The van der Waals surface area contributed by atoms with Crippen molar-refractivity contribution in [2.75, 3.05) is 14.2 Å². The van der Waals surface area contributed by atoms with Gasteiger partial charge in [-0.05, 0) is 42.5 Å². The van der Waals surface area contributed by atoms with Gasteiger partial charge in [-0.2, -0.15) is 0 Å². The predicted molar refractivity (Wildman–Crippen MR) is 103 cm³/mol. The number of hydrogen-bond donors (Lipinski definition) is 0. The summed E-state index contributed by atoms with van der Waals surface area (Å²) in [5, 5.41) is 0. The minimum absolute atomic E-state index is 0. The molecule has 1 atom stereocenters. The zero-order valence-electron chi connectivity index (χ0n) is 16.4. The van der Waals surface area contributed by atoms with Crippen LogP contribution in [-0.2, 0) is 19.5 Å². The third-order valence-electron chi connectivity index (χ3n) is 4.91. The number of methoxy groups -OCH3 is 2. The Bertz CT molecular complexity index is 985. The number of ether oxygens (including phenoxy) is 3. The number of ketones is 1. The van der Waals surface area contributed by atoms with E-state index in [1.807, 2.05) is 41.5 Å². The molecular formula is C22H23BrN2O4. The van der Waals surface area contributed by atoms with Gasteiger partial charge in [-0.1, -0.05) is 0 Å². The fourth-order valence-electron chi connectivity index (χ4n) is 3.44. The van der Waals surface area contributed by atoms with Gasteiger partial charge in [0.1, 0.15) is 42.3 Å². The maximum absolute atomic E-state index is 12.5. The number of imidazole rings is 1. The third kappa shape index (κ3) is 4.79. The zero-order valence-corrected chi connectivity index (χ0v) is 18.0. The van der Waals surface area contributed by atoms with Crippen LogP contribution in [0.25, 0.3) is 0 Å². The molecule has 0 aliphatic carbocycles. The van der Waals surface area contributed by atoms with E-state index >= 15 is 0 Å². The Balaban J connectivity index is 0.00000240. The molecule has 0 spiro atoms. The first-order chi connectivity index (χ1) is 13.6. The smallest absolute Gasteiger partial charge is 0.244 e. The summed E-state index contributed by atoms with van der Waals surface area (Å²) in [5.74, 6) is 2.56. The number of aromatic nitrogens is 2. The van der Waals surface area contributed by atoms with E-state index in [4.69, 9.17) is 14.2 Å². The second-order valence-electron chi connectivity index (χ2n) is 6.85. The molecule has 0 saturated heterocycles. The molecule has 29 heavy (non-hydrogen) atoms. The normalized spacial score (nSPS) is 14.5. The fraction of sp³-hybridized carbons (Fsp3) is 0.273. The number of nitrogens with zero attached hydrogens (tertiary/aromatic N) is 2. The number of carbonyl (C=O) groups excluding carboxylic acids is 1. The first-order valence-electron chi connectivity index (χ1n) is 9.20. The Morgan fingerprint density at radius 1 is 1.14 bits per heavy atom. The number of Topliss-reactive ketones (excluding diaryl/α,β-unsaturated/α-hetero) is 1. The molecular weight excluding hydrogens is 436 g/mol. The van der Waals surface area contributed by atoms with Crippen LogP contribution in [0.4, 0.5) is 0 Å². The van der Waals surface area contributed by atoms with Gasteiger partial charge in [0, 0.05) is 17.5 Å². The molecule has 3 aromatic rings.